The molecule has 4 rings (SSSR count). The number of nitrogens with zero attached hydrogens (tertiary/aromatic N) is 1. The van der Waals surface area contributed by atoms with E-state index >= 15 is 0 Å². The van der Waals surface area contributed by atoms with Gasteiger partial charge in [-0.25, -0.2) is 18.6 Å². The molecule has 1 heterocycles. The van der Waals surface area contributed by atoms with Crippen LogP contribution in [-0.4, -0.2) is 28.5 Å². The molecular weight excluding hydrogens is 436 g/mol. The number of aromatic amines is 1. The number of benzene rings is 3. The molecule has 0 saturated carbocycles. The van der Waals surface area contributed by atoms with E-state index in [0.717, 1.165) is 23.2 Å². The average Bonchev–Trinajstić information content (AvgIpc) is 3.22. The van der Waals surface area contributed by atoms with Crippen LogP contribution in [-0.2, 0) is 15.3 Å². The molecule has 0 radical (unpaired) electrons. The Kier molecular flexibility index (Phi) is 6.46. The van der Waals surface area contributed by atoms with E-state index in [1.807, 2.05) is 24.3 Å². The van der Waals surface area contributed by atoms with Crippen LogP contribution in [0.5, 0.6) is 0 Å². The number of H-pyrrole nitrogens is 1. The topological polar surface area (TPSA) is 84.1 Å². The highest BCUT2D eigenvalue weighted by Crippen LogP contribution is 2.25. The van der Waals surface area contributed by atoms with Crippen molar-refractivity contribution < 1.29 is 23.1 Å². The number of esters is 1. The molecule has 0 aliphatic heterocycles. The van der Waals surface area contributed by atoms with E-state index in [0.29, 0.717) is 22.0 Å². The second kappa shape index (κ2) is 9.61. The lowest BCUT2D eigenvalue weighted by Gasteiger charge is -2.10. The molecule has 32 heavy (non-hydrogen) atoms. The number of nitrogens with one attached hydrogen (secondary N) is 2. The molecule has 0 bridgehead atoms. The van der Waals surface area contributed by atoms with Crippen LogP contribution in [0.2, 0.25) is 0 Å². The molecule has 2 N–H and O–H groups in total. The fraction of sp³-hybridized carbons (Fsp3) is 0.0870. The summed E-state index contributed by atoms with van der Waals surface area (Å²) < 4.78 is 32.3. The van der Waals surface area contributed by atoms with Crippen LogP contribution in [0.1, 0.15) is 15.9 Å². The average molecular weight is 453 g/mol. The minimum Gasteiger partial charge on any atom is -0.452 e. The number of imidazole rings is 1. The zero-order valence-corrected chi connectivity index (χ0v) is 17.4. The Morgan fingerprint density at radius 2 is 1.69 bits per heavy atom. The Balaban J connectivity index is 1.38. The Bertz CT molecular complexity index is 1240. The molecular formula is C23H17F2N3O3S. The third kappa shape index (κ3) is 4.94. The van der Waals surface area contributed by atoms with Gasteiger partial charge in [0.2, 0.25) is 0 Å². The summed E-state index contributed by atoms with van der Waals surface area (Å²) in [6.07, 6.45) is 0. The SMILES string of the molecule is O=C(COC(=O)c1ccccc1CSc1nc2ccccc2[nH]1)Nc1c(F)cccc1F. The van der Waals surface area contributed by atoms with Crippen molar-refractivity contribution in [3.05, 3.63) is 89.5 Å². The van der Waals surface area contributed by atoms with Gasteiger partial charge < -0.3 is 15.0 Å². The first-order chi connectivity index (χ1) is 15.5. The fourth-order valence-electron chi connectivity index (χ4n) is 2.99. The summed E-state index contributed by atoms with van der Waals surface area (Å²) in [5.74, 6) is -2.96. The van der Waals surface area contributed by atoms with Crippen LogP contribution in [0.25, 0.3) is 11.0 Å². The van der Waals surface area contributed by atoms with Crippen LogP contribution >= 0.6 is 11.8 Å². The first kappa shape index (κ1) is 21.5. The second-order valence-electron chi connectivity index (χ2n) is 6.73. The smallest absolute Gasteiger partial charge is 0.338 e. The van der Waals surface area contributed by atoms with E-state index in [-0.39, 0.29) is 0 Å². The van der Waals surface area contributed by atoms with Gasteiger partial charge in [0.25, 0.3) is 5.91 Å². The summed E-state index contributed by atoms with van der Waals surface area (Å²) in [5, 5.41) is 2.79. The van der Waals surface area contributed by atoms with E-state index in [1.165, 1.54) is 17.8 Å². The van der Waals surface area contributed by atoms with Crippen LogP contribution in [0, 0.1) is 11.6 Å². The molecule has 0 aliphatic rings. The van der Waals surface area contributed by atoms with Crippen LogP contribution in [0.3, 0.4) is 0 Å². The van der Waals surface area contributed by atoms with E-state index in [9.17, 15) is 18.4 Å². The van der Waals surface area contributed by atoms with E-state index in [1.54, 1.807) is 24.3 Å². The summed E-state index contributed by atoms with van der Waals surface area (Å²) in [6, 6.07) is 17.7. The van der Waals surface area contributed by atoms with Gasteiger partial charge in [-0.2, -0.15) is 0 Å². The molecule has 0 fully saturated rings. The van der Waals surface area contributed by atoms with Crippen molar-refractivity contribution in [2.45, 2.75) is 10.9 Å². The predicted molar refractivity (Wildman–Crippen MR) is 117 cm³/mol. The van der Waals surface area contributed by atoms with Crippen molar-refractivity contribution in [2.75, 3.05) is 11.9 Å². The Hall–Kier alpha value is -3.72. The number of hydrogen-bond donors (Lipinski definition) is 2. The third-order valence-electron chi connectivity index (χ3n) is 4.53. The first-order valence-corrected chi connectivity index (χ1v) is 10.6. The number of thioether (sulfide) groups is 1. The normalized spacial score (nSPS) is 10.8. The van der Waals surface area contributed by atoms with Gasteiger partial charge in [-0.15, -0.1) is 0 Å². The van der Waals surface area contributed by atoms with Crippen molar-refractivity contribution in [2.24, 2.45) is 0 Å². The van der Waals surface area contributed by atoms with Gasteiger partial charge in [0.05, 0.1) is 16.6 Å². The molecule has 0 unspecified atom stereocenters. The highest BCUT2D eigenvalue weighted by Gasteiger charge is 2.17. The number of para-hydroxylation sites is 3. The molecule has 162 valence electrons. The number of amides is 1. The van der Waals surface area contributed by atoms with Gasteiger partial charge in [0.15, 0.2) is 11.8 Å². The number of halogens is 2. The standard InChI is InChI=1S/C23H17F2N3O3S/c24-16-8-5-9-17(25)21(16)28-20(29)12-31-22(30)15-7-2-1-6-14(15)13-32-23-26-18-10-3-4-11-19(18)27-23/h1-11H,12-13H2,(H,26,27)(H,28,29). The molecule has 6 nitrogen and oxygen atoms in total. The predicted octanol–water partition coefficient (Wildman–Crippen LogP) is 4.93. The number of hydrogen-bond acceptors (Lipinski definition) is 5. The maximum atomic E-state index is 13.6. The Morgan fingerprint density at radius 3 is 2.47 bits per heavy atom. The van der Waals surface area contributed by atoms with E-state index < -0.39 is 35.8 Å². The lowest BCUT2D eigenvalue weighted by molar-refractivity contribution is -0.119. The molecule has 0 aliphatic carbocycles. The maximum Gasteiger partial charge on any atom is 0.338 e. The number of aromatic nitrogens is 2. The first-order valence-electron chi connectivity index (χ1n) is 9.57. The minimum atomic E-state index is -0.919. The van der Waals surface area contributed by atoms with Crippen LogP contribution in [0.4, 0.5) is 14.5 Å². The molecule has 0 atom stereocenters. The van der Waals surface area contributed by atoms with Crippen LogP contribution < -0.4 is 5.32 Å². The number of carbonyl (C=O) groups excluding carboxylic acids is 2. The van der Waals surface area contributed by atoms with Gasteiger partial charge in [-0.1, -0.05) is 48.2 Å². The van der Waals surface area contributed by atoms with Crippen molar-refractivity contribution in [3.8, 4) is 0 Å². The summed E-state index contributed by atoms with van der Waals surface area (Å²) in [6.45, 7) is -0.683. The lowest BCUT2D eigenvalue weighted by Crippen LogP contribution is -2.22. The molecule has 0 saturated heterocycles. The zero-order valence-electron chi connectivity index (χ0n) is 16.6. The molecule has 1 aromatic heterocycles. The van der Waals surface area contributed by atoms with Crippen LogP contribution in [0.15, 0.2) is 71.9 Å². The minimum absolute atomic E-state index is 0.293. The maximum absolute atomic E-state index is 13.6. The second-order valence-corrected chi connectivity index (χ2v) is 7.69. The van der Waals surface area contributed by atoms with Gasteiger partial charge >= 0.3 is 5.97 Å². The quantitative estimate of drug-likeness (QED) is 0.306. The summed E-state index contributed by atoms with van der Waals surface area (Å²) in [5.41, 5.74) is 2.17. The largest absolute Gasteiger partial charge is 0.452 e. The highest BCUT2D eigenvalue weighted by molar-refractivity contribution is 7.98. The fourth-order valence-corrected chi connectivity index (χ4v) is 3.88. The zero-order chi connectivity index (χ0) is 22.5. The number of carbonyl (C=O) groups is 2. The lowest BCUT2D eigenvalue weighted by atomic mass is 10.1. The Labute approximate surface area is 186 Å². The molecule has 1 amide bonds. The third-order valence-corrected chi connectivity index (χ3v) is 5.45. The molecule has 0 spiro atoms. The van der Waals surface area contributed by atoms with Crippen molar-refractivity contribution >= 4 is 40.4 Å². The summed E-state index contributed by atoms with van der Waals surface area (Å²) in [4.78, 5) is 32.2. The van der Waals surface area contributed by atoms with Crippen molar-refractivity contribution in [1.29, 1.82) is 0 Å². The van der Waals surface area contributed by atoms with Gasteiger partial charge in [-0.05, 0) is 35.9 Å². The van der Waals surface area contributed by atoms with E-state index in [4.69, 9.17) is 4.74 Å². The molecule has 9 heteroatoms. The van der Waals surface area contributed by atoms with Gasteiger partial charge in [0.1, 0.15) is 17.3 Å². The molecule has 3 aromatic carbocycles. The highest BCUT2D eigenvalue weighted by atomic mass is 32.2. The summed E-state index contributed by atoms with van der Waals surface area (Å²) in [7, 11) is 0. The number of rotatable bonds is 7. The van der Waals surface area contributed by atoms with Gasteiger partial charge in [0, 0.05) is 5.75 Å². The summed E-state index contributed by atoms with van der Waals surface area (Å²) >= 11 is 1.42. The van der Waals surface area contributed by atoms with Crippen molar-refractivity contribution in [1.82, 2.24) is 9.97 Å². The van der Waals surface area contributed by atoms with Gasteiger partial charge in [-0.3, -0.25) is 4.79 Å². The number of fused-ring (bicyclic) bond motifs is 1. The van der Waals surface area contributed by atoms with Crippen molar-refractivity contribution in [3.63, 3.8) is 0 Å². The number of ether oxygens (including phenoxy) is 1. The monoisotopic (exact) mass is 453 g/mol. The Morgan fingerprint density at radius 1 is 0.969 bits per heavy atom. The number of anilines is 1. The molecule has 4 aromatic rings. The van der Waals surface area contributed by atoms with E-state index in [2.05, 4.69) is 15.3 Å².